The Labute approximate surface area is 126 Å². The highest BCUT2D eigenvalue weighted by Gasteiger charge is 2.28. The predicted octanol–water partition coefficient (Wildman–Crippen LogP) is 3.48. The van der Waals surface area contributed by atoms with Crippen molar-refractivity contribution in [3.8, 4) is 11.5 Å². The Hall–Kier alpha value is -2.08. The number of hydrogen-bond acceptors (Lipinski definition) is 5. The van der Waals surface area contributed by atoms with Gasteiger partial charge in [0.1, 0.15) is 16.5 Å². The van der Waals surface area contributed by atoms with Gasteiger partial charge in [-0.25, -0.2) is 9.78 Å². The number of carbonyl (C=O) groups is 1. The van der Waals surface area contributed by atoms with Gasteiger partial charge in [0.05, 0.1) is 5.69 Å². The zero-order valence-corrected chi connectivity index (χ0v) is 12.5. The van der Waals surface area contributed by atoms with Gasteiger partial charge in [-0.2, -0.15) is 0 Å². The average molecular weight is 305 g/mol. The second-order valence-corrected chi connectivity index (χ2v) is 6.12. The second-order valence-electron chi connectivity index (χ2n) is 5.09. The van der Waals surface area contributed by atoms with Gasteiger partial charge in [-0.15, -0.1) is 11.3 Å². The van der Waals surface area contributed by atoms with E-state index in [1.165, 1.54) is 0 Å². The van der Waals surface area contributed by atoms with Crippen LogP contribution in [0.5, 0.6) is 11.5 Å². The van der Waals surface area contributed by atoms with Crippen molar-refractivity contribution < 1.29 is 19.4 Å². The summed E-state index contributed by atoms with van der Waals surface area (Å²) in [6.07, 6.45) is -0.365. The molecule has 1 unspecified atom stereocenters. The Bertz CT molecular complexity index is 680. The van der Waals surface area contributed by atoms with Crippen molar-refractivity contribution in [3.63, 3.8) is 0 Å². The highest BCUT2D eigenvalue weighted by atomic mass is 32.1. The van der Waals surface area contributed by atoms with Crippen molar-refractivity contribution in [3.05, 3.63) is 39.8 Å². The molecule has 6 heteroatoms. The number of hydrogen-bond donors (Lipinski definition) is 1. The van der Waals surface area contributed by atoms with Crippen molar-refractivity contribution in [2.24, 2.45) is 0 Å². The molecule has 0 saturated carbocycles. The van der Waals surface area contributed by atoms with Crippen LogP contribution in [-0.4, -0.2) is 22.7 Å². The number of rotatable bonds is 3. The minimum atomic E-state index is -0.945. The lowest BCUT2D eigenvalue weighted by Crippen LogP contribution is -2.21. The molecule has 1 aromatic carbocycles. The number of nitrogens with zero attached hydrogens (tertiary/aromatic N) is 1. The highest BCUT2D eigenvalue weighted by molar-refractivity contribution is 7.13. The Morgan fingerprint density at radius 1 is 1.38 bits per heavy atom. The molecular formula is C15H15NO4S. The third-order valence-corrected chi connectivity index (χ3v) is 4.35. The zero-order valence-electron chi connectivity index (χ0n) is 11.7. The summed E-state index contributed by atoms with van der Waals surface area (Å²) in [6, 6.07) is 7.42. The Kier molecular flexibility index (Phi) is 3.55. The number of ether oxygens (including phenoxy) is 2. The lowest BCUT2D eigenvalue weighted by molar-refractivity contribution is 0.0700. The molecule has 0 saturated heterocycles. The SMILES string of the molecule is CC(C)c1nc(C2COc3ccccc3O2)sc1C(=O)O. The van der Waals surface area contributed by atoms with Crippen LogP contribution >= 0.6 is 11.3 Å². The number of para-hydroxylation sites is 2. The van der Waals surface area contributed by atoms with Crippen LogP contribution in [0.1, 0.15) is 46.2 Å². The number of benzene rings is 1. The van der Waals surface area contributed by atoms with Crippen LogP contribution in [0.25, 0.3) is 0 Å². The van der Waals surface area contributed by atoms with Crippen molar-refractivity contribution in [1.82, 2.24) is 4.98 Å². The molecule has 21 heavy (non-hydrogen) atoms. The number of carboxylic acids is 1. The van der Waals surface area contributed by atoms with Crippen LogP contribution in [0.4, 0.5) is 0 Å². The van der Waals surface area contributed by atoms with E-state index >= 15 is 0 Å². The molecule has 0 bridgehead atoms. The van der Waals surface area contributed by atoms with E-state index in [4.69, 9.17) is 9.47 Å². The maximum Gasteiger partial charge on any atom is 0.347 e. The Balaban J connectivity index is 1.92. The molecule has 110 valence electrons. The number of carboxylic acid groups (broad SMARTS) is 1. The molecule has 3 rings (SSSR count). The smallest absolute Gasteiger partial charge is 0.347 e. The van der Waals surface area contributed by atoms with E-state index in [2.05, 4.69) is 4.98 Å². The van der Waals surface area contributed by atoms with Gasteiger partial charge in [-0.3, -0.25) is 0 Å². The van der Waals surface area contributed by atoms with Crippen molar-refractivity contribution >= 4 is 17.3 Å². The van der Waals surface area contributed by atoms with E-state index in [-0.39, 0.29) is 16.9 Å². The summed E-state index contributed by atoms with van der Waals surface area (Å²) < 4.78 is 11.5. The fourth-order valence-corrected chi connectivity index (χ4v) is 3.25. The summed E-state index contributed by atoms with van der Waals surface area (Å²) in [6.45, 7) is 4.19. The van der Waals surface area contributed by atoms with Crippen LogP contribution in [0.3, 0.4) is 0 Å². The second kappa shape index (κ2) is 5.37. The molecule has 1 atom stereocenters. The maximum absolute atomic E-state index is 11.3. The summed E-state index contributed by atoms with van der Waals surface area (Å²) in [5.41, 5.74) is 0.602. The van der Waals surface area contributed by atoms with E-state index in [0.717, 1.165) is 11.3 Å². The molecule has 2 aromatic rings. The quantitative estimate of drug-likeness (QED) is 0.940. The van der Waals surface area contributed by atoms with Gasteiger partial charge < -0.3 is 14.6 Å². The molecule has 1 N–H and O–H groups in total. The predicted molar refractivity (Wildman–Crippen MR) is 78.5 cm³/mol. The molecule has 1 aliphatic heterocycles. The molecule has 0 aliphatic carbocycles. The molecule has 0 fully saturated rings. The fourth-order valence-electron chi connectivity index (χ4n) is 2.17. The Morgan fingerprint density at radius 2 is 2.10 bits per heavy atom. The minimum absolute atomic E-state index is 0.0536. The van der Waals surface area contributed by atoms with E-state index in [0.29, 0.717) is 28.8 Å². The van der Waals surface area contributed by atoms with E-state index in [9.17, 15) is 9.90 Å². The molecule has 0 radical (unpaired) electrons. The van der Waals surface area contributed by atoms with Gasteiger partial charge in [0, 0.05) is 0 Å². The highest BCUT2D eigenvalue weighted by Crippen LogP contribution is 2.38. The molecule has 0 amide bonds. The molecule has 1 aromatic heterocycles. The summed E-state index contributed by atoms with van der Waals surface area (Å²) >= 11 is 1.16. The first-order valence-corrected chi connectivity index (χ1v) is 7.50. The van der Waals surface area contributed by atoms with Crippen LogP contribution in [0.2, 0.25) is 0 Å². The normalized spacial score (nSPS) is 17.0. The number of thiazole rings is 1. The summed E-state index contributed by atoms with van der Waals surface area (Å²) in [4.78, 5) is 16.1. The monoisotopic (exact) mass is 305 g/mol. The first-order valence-electron chi connectivity index (χ1n) is 6.68. The summed E-state index contributed by atoms with van der Waals surface area (Å²) in [5, 5.41) is 9.93. The van der Waals surface area contributed by atoms with Crippen LogP contribution in [0.15, 0.2) is 24.3 Å². The van der Waals surface area contributed by atoms with Crippen LogP contribution < -0.4 is 9.47 Å². The topological polar surface area (TPSA) is 68.7 Å². The van der Waals surface area contributed by atoms with Crippen LogP contribution in [-0.2, 0) is 0 Å². The summed E-state index contributed by atoms with van der Waals surface area (Å²) in [5.74, 6) is 0.470. The molecule has 2 heterocycles. The van der Waals surface area contributed by atoms with Gasteiger partial charge >= 0.3 is 5.97 Å². The van der Waals surface area contributed by atoms with Crippen molar-refractivity contribution in [1.29, 1.82) is 0 Å². The van der Waals surface area contributed by atoms with E-state index in [1.54, 1.807) is 0 Å². The van der Waals surface area contributed by atoms with Gasteiger partial charge in [0.25, 0.3) is 0 Å². The van der Waals surface area contributed by atoms with Crippen molar-refractivity contribution in [2.75, 3.05) is 6.61 Å². The van der Waals surface area contributed by atoms with Gasteiger partial charge in [-0.1, -0.05) is 26.0 Å². The van der Waals surface area contributed by atoms with Gasteiger partial charge in [0.2, 0.25) is 0 Å². The van der Waals surface area contributed by atoms with Crippen molar-refractivity contribution in [2.45, 2.75) is 25.9 Å². The number of fused-ring (bicyclic) bond motifs is 1. The first-order chi connectivity index (χ1) is 10.1. The number of aromatic carboxylic acids is 1. The molecule has 0 spiro atoms. The average Bonchev–Trinajstić information content (AvgIpc) is 2.92. The van der Waals surface area contributed by atoms with Gasteiger partial charge in [0.15, 0.2) is 17.6 Å². The first kappa shape index (κ1) is 13.9. The molecule has 1 aliphatic rings. The third-order valence-electron chi connectivity index (χ3n) is 3.20. The lowest BCUT2D eigenvalue weighted by atomic mass is 10.1. The molecular weight excluding hydrogens is 290 g/mol. The van der Waals surface area contributed by atoms with E-state index in [1.807, 2.05) is 38.1 Å². The third kappa shape index (κ3) is 2.58. The van der Waals surface area contributed by atoms with Gasteiger partial charge in [-0.05, 0) is 18.1 Å². The number of aromatic nitrogens is 1. The summed E-state index contributed by atoms with van der Waals surface area (Å²) in [7, 11) is 0. The zero-order chi connectivity index (χ0) is 15.0. The Morgan fingerprint density at radius 3 is 2.71 bits per heavy atom. The standard InChI is InChI=1S/C15H15NO4S/c1-8(2)12-13(15(17)18)21-14(16-12)11-7-19-9-5-3-4-6-10(9)20-11/h3-6,8,11H,7H2,1-2H3,(H,17,18). The molecule has 5 nitrogen and oxygen atoms in total. The minimum Gasteiger partial charge on any atom is -0.485 e. The fraction of sp³-hybridized carbons (Fsp3) is 0.333. The van der Waals surface area contributed by atoms with E-state index < -0.39 is 5.97 Å². The van der Waals surface area contributed by atoms with Crippen LogP contribution in [0, 0.1) is 0 Å². The largest absolute Gasteiger partial charge is 0.485 e. The maximum atomic E-state index is 11.3. The lowest BCUT2D eigenvalue weighted by Gasteiger charge is -2.24.